The van der Waals surface area contributed by atoms with E-state index >= 15 is 0 Å². The number of aryl methyl sites for hydroxylation is 1. The quantitative estimate of drug-likeness (QED) is 0.872. The molecule has 4 heteroatoms. The van der Waals surface area contributed by atoms with Crippen LogP contribution in [0.5, 0.6) is 0 Å². The van der Waals surface area contributed by atoms with Gasteiger partial charge in [-0.1, -0.05) is 25.1 Å². The van der Waals surface area contributed by atoms with Gasteiger partial charge in [-0.3, -0.25) is 4.79 Å². The fraction of sp³-hybridized carbons (Fsp3) is 0.471. The first-order valence-corrected chi connectivity index (χ1v) is 7.13. The lowest BCUT2D eigenvalue weighted by atomic mass is 9.97. The van der Waals surface area contributed by atoms with Crippen LogP contribution in [0.25, 0.3) is 10.9 Å². The Morgan fingerprint density at radius 3 is 2.52 bits per heavy atom. The van der Waals surface area contributed by atoms with Gasteiger partial charge in [0.05, 0.1) is 0 Å². The number of carbonyl (C=O) groups excluding carboxylic acids is 1. The van der Waals surface area contributed by atoms with E-state index in [1.165, 1.54) is 0 Å². The van der Waals surface area contributed by atoms with Crippen molar-refractivity contribution in [3.05, 3.63) is 36.0 Å². The highest BCUT2D eigenvalue weighted by Gasteiger charge is 2.21. The Morgan fingerprint density at radius 2 is 1.90 bits per heavy atom. The molecular weight excluding hydrogens is 284 g/mol. The highest BCUT2D eigenvalue weighted by molar-refractivity contribution is 6.09. The first kappa shape index (κ1) is 17.7. The van der Waals surface area contributed by atoms with Gasteiger partial charge < -0.3 is 9.88 Å². The van der Waals surface area contributed by atoms with Crippen LogP contribution in [0.2, 0.25) is 0 Å². The highest BCUT2D eigenvalue weighted by Crippen LogP contribution is 2.23. The summed E-state index contributed by atoms with van der Waals surface area (Å²) in [5.74, 6) is 0.179. The van der Waals surface area contributed by atoms with Crippen molar-refractivity contribution in [3.8, 4) is 0 Å². The molecule has 1 atom stereocenters. The Balaban J connectivity index is 0.00000220. The van der Waals surface area contributed by atoms with Crippen molar-refractivity contribution >= 4 is 29.1 Å². The molecule has 0 saturated heterocycles. The summed E-state index contributed by atoms with van der Waals surface area (Å²) < 4.78 is 2.02. The van der Waals surface area contributed by atoms with Crippen LogP contribution in [-0.2, 0) is 7.05 Å². The molecule has 1 N–H and O–H groups in total. The van der Waals surface area contributed by atoms with E-state index in [0.717, 1.165) is 16.5 Å². The van der Waals surface area contributed by atoms with Crippen molar-refractivity contribution in [3.63, 3.8) is 0 Å². The van der Waals surface area contributed by atoms with Crippen molar-refractivity contribution in [2.45, 2.75) is 33.2 Å². The lowest BCUT2D eigenvalue weighted by Gasteiger charge is -2.22. The number of hydrogen-bond acceptors (Lipinski definition) is 2. The topological polar surface area (TPSA) is 34.0 Å². The first-order valence-electron chi connectivity index (χ1n) is 7.13. The van der Waals surface area contributed by atoms with E-state index in [2.05, 4.69) is 26.1 Å². The van der Waals surface area contributed by atoms with Crippen molar-refractivity contribution in [1.82, 2.24) is 9.88 Å². The van der Waals surface area contributed by atoms with E-state index in [1.54, 1.807) is 0 Å². The summed E-state index contributed by atoms with van der Waals surface area (Å²) in [6, 6.07) is 8.05. The zero-order valence-electron chi connectivity index (χ0n) is 13.4. The molecule has 0 spiro atoms. The van der Waals surface area contributed by atoms with E-state index in [0.29, 0.717) is 6.54 Å². The van der Waals surface area contributed by atoms with E-state index in [1.807, 2.05) is 49.0 Å². The van der Waals surface area contributed by atoms with Gasteiger partial charge in [-0.25, -0.2) is 0 Å². The molecule has 0 amide bonds. The zero-order chi connectivity index (χ0) is 14.9. The lowest BCUT2D eigenvalue weighted by molar-refractivity contribution is 0.0926. The van der Waals surface area contributed by atoms with Crippen LogP contribution in [0.3, 0.4) is 0 Å². The summed E-state index contributed by atoms with van der Waals surface area (Å²) >= 11 is 0. The van der Waals surface area contributed by atoms with Crippen molar-refractivity contribution in [2.75, 3.05) is 6.54 Å². The molecule has 3 nitrogen and oxygen atoms in total. The molecule has 0 aliphatic rings. The third-order valence-electron chi connectivity index (χ3n) is 3.55. The Labute approximate surface area is 133 Å². The van der Waals surface area contributed by atoms with Gasteiger partial charge >= 0.3 is 0 Å². The second kappa shape index (κ2) is 6.63. The highest BCUT2D eigenvalue weighted by atomic mass is 35.5. The van der Waals surface area contributed by atoms with E-state index in [-0.39, 0.29) is 29.6 Å². The maximum Gasteiger partial charge on any atom is 0.169 e. The minimum absolute atomic E-state index is 0. The molecule has 0 fully saturated rings. The first-order chi connectivity index (χ1) is 9.29. The monoisotopic (exact) mass is 308 g/mol. The average Bonchev–Trinajstić information content (AvgIpc) is 2.72. The summed E-state index contributed by atoms with van der Waals surface area (Å²) in [6.07, 6.45) is 1.95. The summed E-state index contributed by atoms with van der Waals surface area (Å²) in [6.45, 7) is 9.03. The molecule has 1 unspecified atom stereocenters. The normalized spacial score (nSPS) is 13.0. The Morgan fingerprint density at radius 1 is 1.29 bits per heavy atom. The number of nitrogens with one attached hydrogen (secondary N) is 1. The number of benzene rings is 1. The molecule has 0 aliphatic heterocycles. The number of para-hydroxylation sites is 1. The Kier molecular flexibility index (Phi) is 5.60. The molecule has 21 heavy (non-hydrogen) atoms. The number of aromatic nitrogens is 1. The van der Waals surface area contributed by atoms with E-state index in [4.69, 9.17) is 0 Å². The number of nitrogens with zero attached hydrogens (tertiary/aromatic N) is 1. The van der Waals surface area contributed by atoms with E-state index < -0.39 is 0 Å². The SMILES string of the molecule is CC(CNC(C)(C)C)C(=O)c1cn(C)c2ccccc12.Cl. The smallest absolute Gasteiger partial charge is 0.169 e. The van der Waals surface area contributed by atoms with Gasteiger partial charge in [-0.05, 0) is 26.8 Å². The van der Waals surface area contributed by atoms with Crippen LogP contribution in [0, 0.1) is 5.92 Å². The molecule has 1 aromatic heterocycles. The third-order valence-corrected chi connectivity index (χ3v) is 3.55. The second-order valence-electron chi connectivity index (χ2n) is 6.57. The number of Topliss-reactive ketones (excluding diaryl/α,β-unsaturated/α-hetero) is 1. The molecule has 0 radical (unpaired) electrons. The van der Waals surface area contributed by atoms with Gasteiger partial charge in [0.15, 0.2) is 5.78 Å². The second-order valence-corrected chi connectivity index (χ2v) is 6.57. The third kappa shape index (κ3) is 4.08. The fourth-order valence-corrected chi connectivity index (χ4v) is 2.36. The molecule has 1 heterocycles. The molecule has 116 valence electrons. The summed E-state index contributed by atoms with van der Waals surface area (Å²) in [7, 11) is 1.98. The predicted molar refractivity (Wildman–Crippen MR) is 91.4 cm³/mol. The maximum atomic E-state index is 12.6. The van der Waals surface area contributed by atoms with Crippen LogP contribution in [0.1, 0.15) is 38.1 Å². The largest absolute Gasteiger partial charge is 0.350 e. The number of hydrogen-bond donors (Lipinski definition) is 1. The van der Waals surface area contributed by atoms with Gasteiger partial charge in [0.2, 0.25) is 0 Å². The zero-order valence-corrected chi connectivity index (χ0v) is 14.3. The summed E-state index contributed by atoms with van der Waals surface area (Å²) in [4.78, 5) is 12.6. The van der Waals surface area contributed by atoms with Gasteiger partial charge in [0.1, 0.15) is 0 Å². The van der Waals surface area contributed by atoms with E-state index in [9.17, 15) is 4.79 Å². The maximum absolute atomic E-state index is 12.6. The van der Waals surface area contributed by atoms with Crippen LogP contribution in [-0.4, -0.2) is 22.4 Å². The average molecular weight is 309 g/mol. The van der Waals surface area contributed by atoms with Crippen molar-refractivity contribution in [1.29, 1.82) is 0 Å². The number of carbonyl (C=O) groups is 1. The minimum atomic E-state index is -0.0277. The van der Waals surface area contributed by atoms with Crippen LogP contribution < -0.4 is 5.32 Å². The summed E-state index contributed by atoms with van der Waals surface area (Å²) in [5, 5.41) is 4.44. The molecule has 0 saturated carbocycles. The van der Waals surface area contributed by atoms with Crippen molar-refractivity contribution < 1.29 is 4.79 Å². The van der Waals surface area contributed by atoms with Crippen LogP contribution in [0.15, 0.2) is 30.5 Å². The van der Waals surface area contributed by atoms with Gasteiger partial charge in [-0.15, -0.1) is 12.4 Å². The number of rotatable bonds is 4. The van der Waals surface area contributed by atoms with Crippen LogP contribution in [0.4, 0.5) is 0 Å². The number of fused-ring (bicyclic) bond motifs is 1. The molecule has 2 aromatic rings. The van der Waals surface area contributed by atoms with Crippen molar-refractivity contribution in [2.24, 2.45) is 13.0 Å². The Hall–Kier alpha value is -1.32. The van der Waals surface area contributed by atoms with Gasteiger partial charge in [0.25, 0.3) is 0 Å². The number of ketones is 1. The summed E-state index contributed by atoms with van der Waals surface area (Å²) in [5.41, 5.74) is 1.96. The fourth-order valence-electron chi connectivity index (χ4n) is 2.36. The molecule has 2 rings (SSSR count). The molecule has 0 bridgehead atoms. The lowest BCUT2D eigenvalue weighted by Crippen LogP contribution is -2.40. The van der Waals surface area contributed by atoms with Crippen LogP contribution >= 0.6 is 12.4 Å². The molecule has 1 aromatic carbocycles. The van der Waals surface area contributed by atoms with Gasteiger partial charge in [-0.2, -0.15) is 0 Å². The molecule has 0 aliphatic carbocycles. The van der Waals surface area contributed by atoms with Gasteiger partial charge in [0, 0.05) is 47.7 Å². The molecular formula is C17H25ClN2O. The Bertz CT molecular complexity index is 625. The predicted octanol–water partition coefficient (Wildman–Crippen LogP) is 3.81. The standard InChI is InChI=1S/C17H24N2O.ClH/c1-12(10-18-17(2,3)4)16(20)14-11-19(5)15-9-7-6-8-13(14)15;/h6-9,11-12,18H,10H2,1-5H3;1H. The minimum Gasteiger partial charge on any atom is -0.350 e. The number of halogens is 1.